The molecule has 3 heteroatoms. The summed E-state index contributed by atoms with van der Waals surface area (Å²) in [5.41, 5.74) is 4.94. The van der Waals surface area contributed by atoms with Crippen LogP contribution in [0.1, 0.15) is 21.5 Å². The molecule has 2 aromatic rings. The number of carbonyl (C=O) groups is 1. The minimum absolute atomic E-state index is 0.371. The second-order valence-corrected chi connectivity index (χ2v) is 4.68. The number of rotatable bonds is 1. The van der Waals surface area contributed by atoms with Crippen LogP contribution in [0.15, 0.2) is 36.4 Å². The van der Waals surface area contributed by atoms with Gasteiger partial charge in [-0.1, -0.05) is 41.9 Å². The SMILES string of the molecule is COC(=O)c1c(Cl)ccc2c1Cc1ccccc1-2. The third-order valence-electron chi connectivity index (χ3n) is 3.33. The molecule has 0 N–H and O–H groups in total. The fraction of sp³-hybridized carbons (Fsp3) is 0.133. The Labute approximate surface area is 110 Å². The van der Waals surface area contributed by atoms with Gasteiger partial charge in [-0.2, -0.15) is 0 Å². The maximum atomic E-state index is 11.8. The highest BCUT2D eigenvalue weighted by atomic mass is 35.5. The molecule has 0 aromatic heterocycles. The Morgan fingerprint density at radius 3 is 2.72 bits per heavy atom. The van der Waals surface area contributed by atoms with E-state index in [4.69, 9.17) is 16.3 Å². The molecule has 90 valence electrons. The molecule has 0 saturated heterocycles. The second-order valence-electron chi connectivity index (χ2n) is 4.27. The van der Waals surface area contributed by atoms with E-state index < -0.39 is 0 Å². The summed E-state index contributed by atoms with van der Waals surface area (Å²) < 4.78 is 4.82. The van der Waals surface area contributed by atoms with Crippen LogP contribution in [0, 0.1) is 0 Å². The third kappa shape index (κ3) is 1.53. The molecule has 0 aliphatic heterocycles. The van der Waals surface area contributed by atoms with E-state index in [-0.39, 0.29) is 5.97 Å². The van der Waals surface area contributed by atoms with Crippen molar-refractivity contribution >= 4 is 17.6 Å². The lowest BCUT2D eigenvalue weighted by molar-refractivity contribution is 0.0600. The van der Waals surface area contributed by atoms with Crippen LogP contribution in [0.25, 0.3) is 11.1 Å². The Balaban J connectivity index is 2.25. The first kappa shape index (κ1) is 11.3. The number of fused-ring (bicyclic) bond motifs is 3. The van der Waals surface area contributed by atoms with Crippen molar-refractivity contribution in [2.75, 3.05) is 7.11 Å². The van der Waals surface area contributed by atoms with Gasteiger partial charge in [0.2, 0.25) is 0 Å². The highest BCUT2D eigenvalue weighted by Gasteiger charge is 2.25. The zero-order chi connectivity index (χ0) is 12.7. The summed E-state index contributed by atoms with van der Waals surface area (Å²) in [6, 6.07) is 11.9. The van der Waals surface area contributed by atoms with Gasteiger partial charge in [0.1, 0.15) is 0 Å². The molecule has 0 unspecified atom stereocenters. The van der Waals surface area contributed by atoms with E-state index in [1.54, 1.807) is 6.07 Å². The maximum Gasteiger partial charge on any atom is 0.339 e. The highest BCUT2D eigenvalue weighted by molar-refractivity contribution is 6.34. The lowest BCUT2D eigenvalue weighted by Gasteiger charge is -2.08. The molecule has 1 aliphatic rings. The number of halogens is 1. The van der Waals surface area contributed by atoms with Crippen molar-refractivity contribution in [2.45, 2.75) is 6.42 Å². The second kappa shape index (κ2) is 4.14. The Bertz CT molecular complexity index is 647. The molecule has 0 spiro atoms. The summed E-state index contributed by atoms with van der Waals surface area (Å²) in [6.07, 6.45) is 0.733. The number of hydrogen-bond donors (Lipinski definition) is 0. The Hall–Kier alpha value is -1.80. The zero-order valence-corrected chi connectivity index (χ0v) is 10.6. The summed E-state index contributed by atoms with van der Waals surface area (Å²) >= 11 is 6.12. The Morgan fingerprint density at radius 1 is 1.17 bits per heavy atom. The Morgan fingerprint density at radius 2 is 1.94 bits per heavy atom. The quantitative estimate of drug-likeness (QED) is 0.622. The van der Waals surface area contributed by atoms with Crippen molar-refractivity contribution in [3.63, 3.8) is 0 Å². The molecule has 2 aromatic carbocycles. The molecule has 0 heterocycles. The van der Waals surface area contributed by atoms with Crippen LogP contribution in [-0.4, -0.2) is 13.1 Å². The average molecular weight is 259 g/mol. The third-order valence-corrected chi connectivity index (χ3v) is 3.64. The lowest BCUT2D eigenvalue weighted by atomic mass is 10.0. The summed E-state index contributed by atoms with van der Waals surface area (Å²) in [4.78, 5) is 11.8. The first-order valence-electron chi connectivity index (χ1n) is 5.70. The van der Waals surface area contributed by atoms with Gasteiger partial charge < -0.3 is 4.74 Å². The molecule has 0 bridgehead atoms. The predicted molar refractivity (Wildman–Crippen MR) is 71.0 cm³/mol. The van der Waals surface area contributed by atoms with Crippen LogP contribution < -0.4 is 0 Å². The van der Waals surface area contributed by atoms with Crippen LogP contribution in [0.2, 0.25) is 5.02 Å². The number of benzene rings is 2. The van der Waals surface area contributed by atoms with E-state index in [1.807, 2.05) is 18.2 Å². The van der Waals surface area contributed by atoms with Crippen LogP contribution in [0.5, 0.6) is 0 Å². The molecule has 1 aliphatic carbocycles. The van der Waals surface area contributed by atoms with E-state index in [2.05, 4.69) is 12.1 Å². The number of methoxy groups -OCH3 is 1. The monoisotopic (exact) mass is 258 g/mol. The predicted octanol–water partition coefficient (Wildman–Crippen LogP) is 3.70. The molecule has 0 saturated carbocycles. The van der Waals surface area contributed by atoms with E-state index in [0.717, 1.165) is 17.5 Å². The van der Waals surface area contributed by atoms with E-state index in [0.29, 0.717) is 10.6 Å². The molecule has 0 atom stereocenters. The van der Waals surface area contributed by atoms with Crippen molar-refractivity contribution in [1.29, 1.82) is 0 Å². The molecule has 0 fully saturated rings. The topological polar surface area (TPSA) is 26.3 Å². The summed E-state index contributed by atoms with van der Waals surface area (Å²) in [5.74, 6) is -0.371. The molecular weight excluding hydrogens is 248 g/mol. The molecule has 18 heavy (non-hydrogen) atoms. The molecular formula is C15H11ClO2. The lowest BCUT2D eigenvalue weighted by Crippen LogP contribution is -2.06. The van der Waals surface area contributed by atoms with Gasteiger partial charge in [-0.3, -0.25) is 0 Å². The van der Waals surface area contributed by atoms with Gasteiger partial charge in [0, 0.05) is 0 Å². The van der Waals surface area contributed by atoms with Gasteiger partial charge in [0.05, 0.1) is 17.7 Å². The fourth-order valence-corrected chi connectivity index (χ4v) is 2.76. The summed E-state index contributed by atoms with van der Waals surface area (Å²) in [7, 11) is 1.38. The molecule has 2 nitrogen and oxygen atoms in total. The van der Waals surface area contributed by atoms with Crippen molar-refractivity contribution < 1.29 is 9.53 Å². The van der Waals surface area contributed by atoms with Crippen LogP contribution in [0.4, 0.5) is 0 Å². The first-order chi connectivity index (χ1) is 8.72. The van der Waals surface area contributed by atoms with Gasteiger partial charge in [-0.25, -0.2) is 4.79 Å². The first-order valence-corrected chi connectivity index (χ1v) is 6.08. The van der Waals surface area contributed by atoms with Crippen molar-refractivity contribution in [3.05, 3.63) is 58.1 Å². The van der Waals surface area contributed by atoms with Gasteiger partial charge in [-0.05, 0) is 34.7 Å². The minimum atomic E-state index is -0.371. The summed E-state index contributed by atoms with van der Waals surface area (Å²) in [6.45, 7) is 0. The number of carbonyl (C=O) groups excluding carboxylic acids is 1. The normalized spacial score (nSPS) is 11.9. The molecule has 0 radical (unpaired) electrons. The van der Waals surface area contributed by atoms with Gasteiger partial charge in [-0.15, -0.1) is 0 Å². The highest BCUT2D eigenvalue weighted by Crippen LogP contribution is 2.40. The van der Waals surface area contributed by atoms with Crippen molar-refractivity contribution in [1.82, 2.24) is 0 Å². The smallest absolute Gasteiger partial charge is 0.339 e. The van der Waals surface area contributed by atoms with E-state index in [1.165, 1.54) is 18.2 Å². The van der Waals surface area contributed by atoms with Crippen LogP contribution in [0.3, 0.4) is 0 Å². The number of hydrogen-bond acceptors (Lipinski definition) is 2. The standard InChI is InChI=1S/C15H11ClO2/c1-18-15(17)14-12-8-9-4-2-3-5-10(9)11(12)6-7-13(14)16/h2-7H,8H2,1H3. The fourth-order valence-electron chi connectivity index (χ4n) is 2.51. The van der Waals surface area contributed by atoms with Gasteiger partial charge in [0.25, 0.3) is 0 Å². The van der Waals surface area contributed by atoms with Crippen molar-refractivity contribution in [3.8, 4) is 11.1 Å². The van der Waals surface area contributed by atoms with E-state index >= 15 is 0 Å². The van der Waals surface area contributed by atoms with Crippen molar-refractivity contribution in [2.24, 2.45) is 0 Å². The minimum Gasteiger partial charge on any atom is -0.465 e. The Kier molecular flexibility index (Phi) is 2.60. The van der Waals surface area contributed by atoms with Gasteiger partial charge >= 0.3 is 5.97 Å². The number of esters is 1. The zero-order valence-electron chi connectivity index (χ0n) is 9.87. The maximum absolute atomic E-state index is 11.8. The largest absolute Gasteiger partial charge is 0.465 e. The van der Waals surface area contributed by atoms with Gasteiger partial charge in [0.15, 0.2) is 0 Å². The van der Waals surface area contributed by atoms with Crippen LogP contribution in [-0.2, 0) is 11.2 Å². The molecule has 3 rings (SSSR count). The molecule has 0 amide bonds. The average Bonchev–Trinajstić information content (AvgIpc) is 2.76. The van der Waals surface area contributed by atoms with E-state index in [9.17, 15) is 4.79 Å². The van der Waals surface area contributed by atoms with Crippen LogP contribution >= 0.6 is 11.6 Å². The number of ether oxygens (including phenoxy) is 1. The summed E-state index contributed by atoms with van der Waals surface area (Å²) in [5, 5.41) is 0.452.